The Balaban J connectivity index is 1.47. The number of pyridine rings is 1. The van der Waals surface area contributed by atoms with Crippen molar-refractivity contribution in [3.63, 3.8) is 0 Å². The lowest BCUT2D eigenvalue weighted by Gasteiger charge is -2.38. The van der Waals surface area contributed by atoms with Crippen LogP contribution in [-0.4, -0.2) is 70.5 Å². The largest absolute Gasteiger partial charge is 0.408 e. The molecular formula is C24H24F3N7O3. The molecule has 1 fully saturated rings. The van der Waals surface area contributed by atoms with Crippen molar-refractivity contribution in [1.82, 2.24) is 25.0 Å². The van der Waals surface area contributed by atoms with Crippen molar-refractivity contribution in [2.45, 2.75) is 24.9 Å². The summed E-state index contributed by atoms with van der Waals surface area (Å²) in [6, 6.07) is 10.5. The second-order valence-electron chi connectivity index (χ2n) is 8.62. The first-order valence-electron chi connectivity index (χ1n) is 11.4. The third kappa shape index (κ3) is 5.00. The van der Waals surface area contributed by atoms with Crippen LogP contribution in [0.15, 0.2) is 48.8 Å². The number of rotatable bonds is 8. The topological polar surface area (TPSA) is 110 Å². The van der Waals surface area contributed by atoms with Crippen LogP contribution in [0.1, 0.15) is 11.7 Å². The molecule has 0 spiro atoms. The van der Waals surface area contributed by atoms with Gasteiger partial charge in [0.2, 0.25) is 0 Å². The van der Waals surface area contributed by atoms with Crippen LogP contribution in [0.3, 0.4) is 0 Å². The molecule has 1 amide bonds. The summed E-state index contributed by atoms with van der Waals surface area (Å²) < 4.78 is 51.6. The van der Waals surface area contributed by atoms with E-state index in [1.165, 1.54) is 25.6 Å². The molecule has 0 unspecified atom stereocenters. The number of hydrogen-bond acceptors (Lipinski definition) is 7. The van der Waals surface area contributed by atoms with Crippen LogP contribution in [0, 0.1) is 0 Å². The Morgan fingerprint density at radius 1 is 1.22 bits per heavy atom. The lowest BCUT2D eigenvalue weighted by molar-refractivity contribution is -0.141. The van der Waals surface area contributed by atoms with Gasteiger partial charge in [-0.15, -0.1) is 0 Å². The van der Waals surface area contributed by atoms with Crippen molar-refractivity contribution in [1.29, 1.82) is 0 Å². The summed E-state index contributed by atoms with van der Waals surface area (Å²) in [6.07, 6.45) is -2.46. The highest BCUT2D eigenvalue weighted by Gasteiger charge is 2.34. The van der Waals surface area contributed by atoms with Crippen molar-refractivity contribution in [3.8, 4) is 11.4 Å². The van der Waals surface area contributed by atoms with Crippen LogP contribution in [-0.2, 0) is 20.8 Å². The molecule has 0 aliphatic carbocycles. The summed E-state index contributed by atoms with van der Waals surface area (Å²) in [5.41, 5.74) is 1.86. The van der Waals surface area contributed by atoms with Gasteiger partial charge in [-0.1, -0.05) is 30.3 Å². The average molecular weight is 515 g/mol. The number of H-pyrrole nitrogens is 1. The first-order valence-corrected chi connectivity index (χ1v) is 11.4. The number of anilines is 2. The van der Waals surface area contributed by atoms with Gasteiger partial charge >= 0.3 is 6.18 Å². The summed E-state index contributed by atoms with van der Waals surface area (Å²) in [4.78, 5) is 19.3. The molecule has 0 bridgehead atoms. The van der Waals surface area contributed by atoms with Gasteiger partial charge in [0.05, 0.1) is 34.6 Å². The first kappa shape index (κ1) is 24.7. The Hall–Kier alpha value is -3.97. The van der Waals surface area contributed by atoms with E-state index < -0.39 is 24.7 Å². The monoisotopic (exact) mass is 515 g/mol. The van der Waals surface area contributed by atoms with Crippen molar-refractivity contribution in [3.05, 3.63) is 54.4 Å². The van der Waals surface area contributed by atoms with E-state index in [1.54, 1.807) is 31.4 Å². The van der Waals surface area contributed by atoms with E-state index in [0.717, 1.165) is 4.68 Å². The predicted molar refractivity (Wildman–Crippen MR) is 129 cm³/mol. The number of methoxy groups -OCH3 is 2. The molecule has 4 heterocycles. The third-order valence-electron chi connectivity index (χ3n) is 6.16. The van der Waals surface area contributed by atoms with Gasteiger partial charge in [0.15, 0.2) is 11.9 Å². The summed E-state index contributed by atoms with van der Waals surface area (Å²) in [7, 11) is 3.01. The molecular weight excluding hydrogens is 491 g/mol. The van der Waals surface area contributed by atoms with Crippen LogP contribution < -0.4 is 10.2 Å². The Morgan fingerprint density at radius 2 is 1.97 bits per heavy atom. The second-order valence-corrected chi connectivity index (χ2v) is 8.62. The zero-order valence-corrected chi connectivity index (χ0v) is 20.0. The number of ether oxygens (including phenoxy) is 2. The normalized spacial score (nSPS) is 15.1. The highest BCUT2D eigenvalue weighted by Crippen LogP contribution is 2.34. The minimum Gasteiger partial charge on any atom is -0.378 e. The number of aromatic nitrogens is 5. The lowest BCUT2D eigenvalue weighted by Crippen LogP contribution is -2.52. The Labute approximate surface area is 209 Å². The van der Waals surface area contributed by atoms with Gasteiger partial charge in [0.1, 0.15) is 12.2 Å². The van der Waals surface area contributed by atoms with Crippen LogP contribution in [0.5, 0.6) is 0 Å². The molecule has 2 N–H and O–H groups in total. The number of alkyl halides is 3. The number of carbonyl (C=O) groups is 1. The second kappa shape index (κ2) is 9.82. The quantitative estimate of drug-likeness (QED) is 0.369. The van der Waals surface area contributed by atoms with Crippen LogP contribution >= 0.6 is 0 Å². The molecule has 37 heavy (non-hydrogen) atoms. The number of amides is 1. The minimum absolute atomic E-state index is 0.00183. The number of aromatic amines is 1. The van der Waals surface area contributed by atoms with E-state index in [9.17, 15) is 18.0 Å². The van der Waals surface area contributed by atoms with Gasteiger partial charge in [-0.3, -0.25) is 19.6 Å². The van der Waals surface area contributed by atoms with Gasteiger partial charge in [0.25, 0.3) is 5.91 Å². The summed E-state index contributed by atoms with van der Waals surface area (Å²) in [6.45, 7) is -0.210. The van der Waals surface area contributed by atoms with Crippen molar-refractivity contribution < 1.29 is 27.4 Å². The maximum Gasteiger partial charge on any atom is 0.408 e. The number of hydrogen-bond donors (Lipinski definition) is 2. The average Bonchev–Trinajstić information content (AvgIpc) is 3.43. The molecule has 1 aromatic carbocycles. The molecule has 5 rings (SSSR count). The molecule has 194 valence electrons. The number of halogens is 3. The van der Waals surface area contributed by atoms with Crippen LogP contribution in [0.2, 0.25) is 0 Å². The van der Waals surface area contributed by atoms with Crippen molar-refractivity contribution in [2.24, 2.45) is 0 Å². The first-order chi connectivity index (χ1) is 17.8. The van der Waals surface area contributed by atoms with E-state index in [-0.39, 0.29) is 11.6 Å². The Kier molecular flexibility index (Phi) is 6.56. The summed E-state index contributed by atoms with van der Waals surface area (Å²) in [5, 5.41) is 14.3. The fourth-order valence-electron chi connectivity index (χ4n) is 4.27. The van der Waals surface area contributed by atoms with Gasteiger partial charge in [-0.05, 0) is 11.6 Å². The number of benzene rings is 1. The standard InChI is InChI=1S/C24H24F3N7O3/c1-36-15-11-33(12-15)22-16-9-28-17(8-19(16)34(32-22)13-24(25,26)27)20-18(10-29-31-20)30-23(35)21(37-2)14-6-4-3-5-7-14/h3-10,15,21H,11-13H2,1-2H3,(H,29,31)(H,30,35)/t21-/m0/s1. The van der Waals surface area contributed by atoms with Gasteiger partial charge in [-0.25, -0.2) is 0 Å². The number of nitrogens with one attached hydrogen (secondary N) is 2. The van der Waals surface area contributed by atoms with Crippen molar-refractivity contribution in [2.75, 3.05) is 37.5 Å². The highest BCUT2D eigenvalue weighted by atomic mass is 19.4. The van der Waals surface area contributed by atoms with E-state index in [0.29, 0.717) is 46.9 Å². The van der Waals surface area contributed by atoms with E-state index in [2.05, 4.69) is 25.6 Å². The molecule has 1 aliphatic heterocycles. The van der Waals surface area contributed by atoms with E-state index in [4.69, 9.17) is 9.47 Å². The van der Waals surface area contributed by atoms with E-state index >= 15 is 0 Å². The van der Waals surface area contributed by atoms with Gasteiger partial charge in [-0.2, -0.15) is 23.4 Å². The molecule has 1 atom stereocenters. The van der Waals surface area contributed by atoms with Crippen LogP contribution in [0.4, 0.5) is 24.7 Å². The Bertz CT molecular complexity index is 1400. The molecule has 4 aromatic rings. The number of carbonyl (C=O) groups excluding carboxylic acids is 1. The SMILES string of the molecule is COC1CN(c2nn(CC(F)(F)F)c3cc(-c4[nH]ncc4NC(=O)[C@@H](OC)c4ccccc4)ncc23)C1. The zero-order valence-electron chi connectivity index (χ0n) is 20.0. The smallest absolute Gasteiger partial charge is 0.378 e. The molecule has 13 heteroatoms. The summed E-state index contributed by atoms with van der Waals surface area (Å²) in [5.74, 6) is -0.0251. The number of nitrogens with zero attached hydrogens (tertiary/aromatic N) is 5. The Morgan fingerprint density at radius 3 is 2.65 bits per heavy atom. The zero-order chi connectivity index (χ0) is 26.2. The van der Waals surface area contributed by atoms with Gasteiger partial charge < -0.3 is 19.7 Å². The maximum absolute atomic E-state index is 13.3. The molecule has 0 saturated carbocycles. The number of fused-ring (bicyclic) bond motifs is 1. The van der Waals surface area contributed by atoms with Crippen LogP contribution in [0.25, 0.3) is 22.3 Å². The molecule has 0 radical (unpaired) electrons. The predicted octanol–water partition coefficient (Wildman–Crippen LogP) is 3.54. The van der Waals surface area contributed by atoms with Gasteiger partial charge in [0, 0.05) is 33.5 Å². The fourth-order valence-corrected chi connectivity index (χ4v) is 4.27. The molecule has 10 nitrogen and oxygen atoms in total. The third-order valence-corrected chi connectivity index (χ3v) is 6.16. The minimum atomic E-state index is -4.47. The molecule has 1 saturated heterocycles. The lowest BCUT2D eigenvalue weighted by atomic mass is 10.1. The maximum atomic E-state index is 13.3. The highest BCUT2D eigenvalue weighted by molar-refractivity contribution is 5.98. The fraction of sp³-hybridized carbons (Fsp3) is 0.333. The molecule has 1 aliphatic rings. The van der Waals surface area contributed by atoms with Crippen molar-refractivity contribution >= 4 is 28.3 Å². The molecule has 3 aromatic heterocycles. The van der Waals surface area contributed by atoms with E-state index in [1.807, 2.05) is 11.0 Å². The summed E-state index contributed by atoms with van der Waals surface area (Å²) >= 11 is 0.